The van der Waals surface area contributed by atoms with Crippen molar-refractivity contribution in [1.29, 1.82) is 0 Å². The minimum absolute atomic E-state index is 0.0326. The molecule has 4 rings (SSSR count). The molecule has 2 N–H and O–H groups in total. The third-order valence-corrected chi connectivity index (χ3v) is 6.35. The fourth-order valence-electron chi connectivity index (χ4n) is 2.98. The van der Waals surface area contributed by atoms with Gasteiger partial charge in [-0.3, -0.25) is 14.9 Å². The van der Waals surface area contributed by atoms with Gasteiger partial charge in [-0.15, -0.1) is 22.7 Å². The van der Waals surface area contributed by atoms with E-state index >= 15 is 0 Å². The van der Waals surface area contributed by atoms with E-state index in [1.54, 1.807) is 34.3 Å². The molecule has 0 spiro atoms. The summed E-state index contributed by atoms with van der Waals surface area (Å²) < 4.78 is 15.0. The summed E-state index contributed by atoms with van der Waals surface area (Å²) in [6.07, 6.45) is 0.0326. The first-order chi connectivity index (χ1) is 15.7. The first kappa shape index (κ1) is 22.8. The highest BCUT2D eigenvalue weighted by atomic mass is 32.1. The number of anilines is 2. The zero-order valence-electron chi connectivity index (χ0n) is 18.3. The van der Waals surface area contributed by atoms with E-state index in [0.717, 1.165) is 5.69 Å². The number of benzene rings is 1. The van der Waals surface area contributed by atoms with Gasteiger partial charge < -0.3 is 5.32 Å². The molecule has 0 saturated heterocycles. The molecule has 0 unspecified atom stereocenters. The Labute approximate surface area is 198 Å². The summed E-state index contributed by atoms with van der Waals surface area (Å²) >= 11 is 2.61. The Kier molecular flexibility index (Phi) is 6.39. The van der Waals surface area contributed by atoms with Gasteiger partial charge in [0.15, 0.2) is 5.13 Å². The second kappa shape index (κ2) is 9.24. The zero-order valence-corrected chi connectivity index (χ0v) is 19.9. The van der Waals surface area contributed by atoms with E-state index in [2.05, 4.69) is 20.7 Å². The van der Waals surface area contributed by atoms with Crippen molar-refractivity contribution in [3.8, 4) is 5.69 Å². The maximum absolute atomic E-state index is 13.4. The van der Waals surface area contributed by atoms with Crippen molar-refractivity contribution in [3.63, 3.8) is 0 Å². The van der Waals surface area contributed by atoms with Gasteiger partial charge in [-0.1, -0.05) is 26.8 Å². The summed E-state index contributed by atoms with van der Waals surface area (Å²) in [4.78, 5) is 29.9. The van der Waals surface area contributed by atoms with Crippen LogP contribution in [0.15, 0.2) is 53.2 Å². The molecule has 2 amide bonds. The van der Waals surface area contributed by atoms with Crippen LogP contribution in [-0.4, -0.2) is 26.6 Å². The van der Waals surface area contributed by atoms with Crippen LogP contribution >= 0.6 is 22.7 Å². The third-order valence-electron chi connectivity index (χ3n) is 4.68. The van der Waals surface area contributed by atoms with E-state index in [0.29, 0.717) is 27.2 Å². The van der Waals surface area contributed by atoms with Crippen LogP contribution in [0.2, 0.25) is 0 Å². The van der Waals surface area contributed by atoms with Crippen LogP contribution < -0.4 is 10.6 Å². The van der Waals surface area contributed by atoms with Gasteiger partial charge in [-0.05, 0) is 35.7 Å². The summed E-state index contributed by atoms with van der Waals surface area (Å²) in [5, 5.41) is 14.2. The molecule has 0 fully saturated rings. The molecular weight excluding hydrogens is 461 g/mol. The molecule has 0 aliphatic rings. The minimum atomic E-state index is -0.349. The number of thiazole rings is 1. The van der Waals surface area contributed by atoms with E-state index in [1.165, 1.54) is 34.8 Å². The average molecular weight is 484 g/mol. The average Bonchev–Trinajstić information content (AvgIpc) is 3.49. The van der Waals surface area contributed by atoms with Crippen LogP contribution in [0.1, 0.15) is 41.8 Å². The number of hydrogen-bond donors (Lipinski definition) is 2. The molecule has 170 valence electrons. The Balaban J connectivity index is 1.48. The Morgan fingerprint density at radius 1 is 1.09 bits per heavy atom. The van der Waals surface area contributed by atoms with Gasteiger partial charge in [-0.25, -0.2) is 14.1 Å². The van der Waals surface area contributed by atoms with Crippen LogP contribution in [0.5, 0.6) is 0 Å². The second-order valence-corrected chi connectivity index (χ2v) is 10.2. The Hall–Kier alpha value is -3.37. The smallest absolute Gasteiger partial charge is 0.267 e. The van der Waals surface area contributed by atoms with E-state index in [-0.39, 0.29) is 29.5 Å². The van der Waals surface area contributed by atoms with Gasteiger partial charge in [0.25, 0.3) is 5.91 Å². The largest absolute Gasteiger partial charge is 0.310 e. The van der Waals surface area contributed by atoms with Gasteiger partial charge in [0.2, 0.25) is 5.91 Å². The maximum atomic E-state index is 13.4. The number of nitrogens with zero attached hydrogens (tertiary/aromatic N) is 3. The van der Waals surface area contributed by atoms with Gasteiger partial charge in [0.05, 0.1) is 28.4 Å². The molecule has 0 bridgehead atoms. The van der Waals surface area contributed by atoms with Crippen LogP contribution in [0.25, 0.3) is 5.69 Å². The topological polar surface area (TPSA) is 88.9 Å². The number of carbonyl (C=O) groups is 2. The third kappa shape index (κ3) is 5.52. The van der Waals surface area contributed by atoms with Crippen LogP contribution in [0.4, 0.5) is 15.3 Å². The van der Waals surface area contributed by atoms with Crippen molar-refractivity contribution in [1.82, 2.24) is 14.8 Å². The minimum Gasteiger partial charge on any atom is -0.310 e. The fraction of sp³-hybridized carbons (Fsp3) is 0.217. The predicted octanol–water partition coefficient (Wildman–Crippen LogP) is 5.26. The molecular formula is C23H22FN5O2S2. The number of thiophene rings is 1. The van der Waals surface area contributed by atoms with Crippen molar-refractivity contribution < 1.29 is 14.0 Å². The van der Waals surface area contributed by atoms with E-state index in [9.17, 15) is 14.0 Å². The monoisotopic (exact) mass is 483 g/mol. The lowest BCUT2D eigenvalue weighted by atomic mass is 9.92. The fourth-order valence-corrected chi connectivity index (χ4v) is 4.30. The highest BCUT2D eigenvalue weighted by Crippen LogP contribution is 2.27. The second-order valence-electron chi connectivity index (χ2n) is 8.35. The van der Waals surface area contributed by atoms with E-state index in [4.69, 9.17) is 0 Å². The van der Waals surface area contributed by atoms with E-state index < -0.39 is 0 Å². The molecule has 1 aromatic carbocycles. The Morgan fingerprint density at radius 2 is 1.85 bits per heavy atom. The molecule has 0 radical (unpaired) electrons. The van der Waals surface area contributed by atoms with Crippen LogP contribution in [-0.2, 0) is 16.6 Å². The standard InChI is InChI=1S/C23H22FN5O2S2/c1-23(2,3)18-12-19(29(28-18)16-8-6-14(24)7-9-16)26-20(30)11-15-13-33-22(25-15)27-21(31)17-5-4-10-32-17/h4-10,12-13H,11H2,1-3H3,(H,26,30)(H,25,27,31). The van der Waals surface area contributed by atoms with Gasteiger partial charge >= 0.3 is 0 Å². The highest BCUT2D eigenvalue weighted by molar-refractivity contribution is 7.14. The first-order valence-corrected chi connectivity index (χ1v) is 11.9. The maximum Gasteiger partial charge on any atom is 0.267 e. The van der Waals surface area contributed by atoms with Crippen LogP contribution in [0.3, 0.4) is 0 Å². The molecule has 0 saturated carbocycles. The Bertz CT molecular complexity index is 1270. The van der Waals surface area contributed by atoms with Crippen LogP contribution in [0, 0.1) is 5.82 Å². The number of halogens is 1. The zero-order chi connectivity index (χ0) is 23.6. The van der Waals surface area contributed by atoms with Crippen molar-refractivity contribution in [2.45, 2.75) is 32.6 Å². The lowest BCUT2D eigenvalue weighted by molar-refractivity contribution is -0.115. The lowest BCUT2D eigenvalue weighted by Gasteiger charge is -2.14. The molecule has 33 heavy (non-hydrogen) atoms. The van der Waals surface area contributed by atoms with Gasteiger partial charge in [0, 0.05) is 16.9 Å². The summed E-state index contributed by atoms with van der Waals surface area (Å²) in [7, 11) is 0. The lowest BCUT2D eigenvalue weighted by Crippen LogP contribution is -2.17. The number of aromatic nitrogens is 3. The SMILES string of the molecule is CC(C)(C)c1cc(NC(=O)Cc2csc(NC(=O)c3cccs3)n2)n(-c2ccc(F)cc2)n1. The molecule has 0 atom stereocenters. The predicted molar refractivity (Wildman–Crippen MR) is 129 cm³/mol. The van der Waals surface area contributed by atoms with Crippen molar-refractivity contribution in [3.05, 3.63) is 75.3 Å². The Morgan fingerprint density at radius 3 is 2.52 bits per heavy atom. The molecule has 10 heteroatoms. The van der Waals surface area contributed by atoms with Gasteiger partial charge in [-0.2, -0.15) is 5.10 Å². The van der Waals surface area contributed by atoms with Crippen molar-refractivity contribution >= 4 is 45.4 Å². The molecule has 0 aliphatic heterocycles. The summed E-state index contributed by atoms with van der Waals surface area (Å²) in [5.41, 5.74) is 1.72. The number of rotatable bonds is 6. The first-order valence-electron chi connectivity index (χ1n) is 10.1. The molecule has 7 nitrogen and oxygen atoms in total. The normalized spacial score (nSPS) is 11.4. The number of carbonyl (C=O) groups excluding carboxylic acids is 2. The van der Waals surface area contributed by atoms with Gasteiger partial charge in [0.1, 0.15) is 11.6 Å². The molecule has 3 heterocycles. The summed E-state index contributed by atoms with van der Waals surface area (Å²) in [6, 6.07) is 11.3. The van der Waals surface area contributed by atoms with Crippen molar-refractivity contribution in [2.75, 3.05) is 10.6 Å². The number of nitrogens with one attached hydrogen (secondary N) is 2. The van der Waals surface area contributed by atoms with Crippen molar-refractivity contribution in [2.24, 2.45) is 0 Å². The summed E-state index contributed by atoms with van der Waals surface area (Å²) in [5.74, 6) is -0.371. The van der Waals surface area contributed by atoms with E-state index in [1.807, 2.05) is 32.2 Å². The highest BCUT2D eigenvalue weighted by Gasteiger charge is 2.22. The number of amides is 2. The summed E-state index contributed by atoms with van der Waals surface area (Å²) in [6.45, 7) is 6.08. The number of hydrogen-bond acceptors (Lipinski definition) is 6. The molecule has 0 aliphatic carbocycles. The molecule has 4 aromatic rings. The molecule has 3 aromatic heterocycles. The quantitative estimate of drug-likeness (QED) is 0.392.